The number of carbonyl (C=O) groups is 2. The van der Waals surface area contributed by atoms with Crippen molar-refractivity contribution in [2.75, 3.05) is 0 Å². The minimum Gasteiger partial charge on any atom is -0.478 e. The smallest absolute Gasteiger partial charge is 0.340 e. The minimum atomic E-state index is -2.25. The van der Waals surface area contributed by atoms with Crippen LogP contribution in [0.4, 0.5) is 8.78 Å². The zero-order valence-electron chi connectivity index (χ0n) is 7.33. The summed E-state index contributed by atoms with van der Waals surface area (Å²) in [6, 6.07) is 0.317. The minimum absolute atomic E-state index is 0.317. The SMILES string of the molecule is O=Ic1c(C(=O)O)cc(F)c(F)c1C(=O)O. The molecule has 0 heterocycles. The molecule has 16 heavy (non-hydrogen) atoms. The van der Waals surface area contributed by atoms with Crippen LogP contribution in [0.25, 0.3) is 0 Å². The van der Waals surface area contributed by atoms with Crippen molar-refractivity contribution >= 4 is 33.1 Å². The van der Waals surface area contributed by atoms with Crippen molar-refractivity contribution in [2.24, 2.45) is 0 Å². The summed E-state index contributed by atoms with van der Waals surface area (Å²) in [6.45, 7) is 0. The topological polar surface area (TPSA) is 91.7 Å². The summed E-state index contributed by atoms with van der Waals surface area (Å²) in [5.74, 6) is -6.82. The first kappa shape index (κ1) is 12.6. The van der Waals surface area contributed by atoms with Gasteiger partial charge in [0.25, 0.3) is 0 Å². The molecule has 0 unspecified atom stereocenters. The van der Waals surface area contributed by atoms with E-state index < -0.39 is 59.5 Å². The number of halogens is 3. The third kappa shape index (κ3) is 2.05. The van der Waals surface area contributed by atoms with Crippen LogP contribution in [0.5, 0.6) is 0 Å². The molecule has 0 saturated carbocycles. The first-order valence-corrected chi connectivity index (χ1v) is 5.61. The molecule has 0 bridgehead atoms. The van der Waals surface area contributed by atoms with Crippen molar-refractivity contribution in [1.82, 2.24) is 0 Å². The highest BCUT2D eigenvalue weighted by Crippen LogP contribution is 2.26. The van der Waals surface area contributed by atoms with E-state index in [1.807, 2.05) is 0 Å². The Morgan fingerprint density at radius 2 is 1.75 bits per heavy atom. The zero-order chi connectivity index (χ0) is 12.5. The Kier molecular flexibility index (Phi) is 3.62. The van der Waals surface area contributed by atoms with Gasteiger partial charge < -0.3 is 10.2 Å². The second-order valence-corrected chi connectivity index (χ2v) is 4.12. The largest absolute Gasteiger partial charge is 0.478 e. The van der Waals surface area contributed by atoms with E-state index in [-0.39, 0.29) is 0 Å². The number of carboxylic acid groups (broad SMARTS) is 2. The molecule has 0 aromatic heterocycles. The number of benzene rings is 1. The zero-order valence-corrected chi connectivity index (χ0v) is 9.49. The monoisotopic (exact) mass is 344 g/mol. The van der Waals surface area contributed by atoms with Crippen LogP contribution >= 0.6 is 21.2 Å². The van der Waals surface area contributed by atoms with E-state index in [1.54, 1.807) is 0 Å². The fraction of sp³-hybridized carbons (Fsp3) is 0. The van der Waals surface area contributed by atoms with Crippen LogP contribution in [0.3, 0.4) is 0 Å². The standard InChI is InChI=1S/C8H3F2IO5/c9-3-1-2(7(12)13)6(11-16)4(5(3)10)8(14)15/h1H,(H,12,13)(H,14,15). The van der Waals surface area contributed by atoms with Crippen molar-refractivity contribution in [3.63, 3.8) is 0 Å². The second-order valence-electron chi connectivity index (χ2n) is 2.60. The molecule has 0 amide bonds. The van der Waals surface area contributed by atoms with E-state index >= 15 is 0 Å². The maximum Gasteiger partial charge on any atom is 0.340 e. The Hall–Kier alpha value is -1.45. The fourth-order valence-electron chi connectivity index (χ4n) is 1.03. The van der Waals surface area contributed by atoms with Gasteiger partial charge in [-0.2, -0.15) is 0 Å². The maximum absolute atomic E-state index is 13.1. The van der Waals surface area contributed by atoms with Gasteiger partial charge in [0.1, 0.15) is 5.56 Å². The van der Waals surface area contributed by atoms with E-state index in [2.05, 4.69) is 0 Å². The molecule has 2 N–H and O–H groups in total. The van der Waals surface area contributed by atoms with Crippen LogP contribution in [0.1, 0.15) is 20.7 Å². The first-order valence-electron chi connectivity index (χ1n) is 3.65. The van der Waals surface area contributed by atoms with Gasteiger partial charge in [0.2, 0.25) is 0 Å². The Morgan fingerprint density at radius 1 is 1.19 bits per heavy atom. The number of rotatable bonds is 3. The van der Waals surface area contributed by atoms with Gasteiger partial charge >= 0.3 is 11.9 Å². The van der Waals surface area contributed by atoms with Gasteiger partial charge in [0.15, 0.2) is 32.8 Å². The Balaban J connectivity index is 3.75. The van der Waals surface area contributed by atoms with Crippen molar-refractivity contribution in [3.05, 3.63) is 32.4 Å². The van der Waals surface area contributed by atoms with Crippen molar-refractivity contribution < 1.29 is 31.7 Å². The molecule has 0 radical (unpaired) electrons. The summed E-state index contributed by atoms with van der Waals surface area (Å²) in [5, 5.41) is 17.2. The summed E-state index contributed by atoms with van der Waals surface area (Å²) >= 11 is -2.25. The molecule has 0 aliphatic heterocycles. The quantitative estimate of drug-likeness (QED) is 0.645. The molecule has 1 aromatic carbocycles. The average Bonchev–Trinajstić information content (AvgIpc) is 2.20. The van der Waals surface area contributed by atoms with Crippen LogP contribution in [-0.2, 0) is 3.07 Å². The summed E-state index contributed by atoms with van der Waals surface area (Å²) in [4.78, 5) is 21.2. The molecule has 5 nitrogen and oxygen atoms in total. The lowest BCUT2D eigenvalue weighted by Crippen LogP contribution is -2.12. The van der Waals surface area contributed by atoms with Crippen LogP contribution in [-0.4, -0.2) is 22.2 Å². The summed E-state index contributed by atoms with van der Waals surface area (Å²) in [5.41, 5.74) is -1.97. The van der Waals surface area contributed by atoms with Gasteiger partial charge in [-0.1, -0.05) is 0 Å². The highest BCUT2D eigenvalue weighted by atomic mass is 127. The fourth-order valence-corrected chi connectivity index (χ4v) is 2.34. The Morgan fingerprint density at radius 3 is 2.12 bits per heavy atom. The highest BCUT2D eigenvalue weighted by molar-refractivity contribution is 14.1. The predicted octanol–water partition coefficient (Wildman–Crippen LogP) is 1.85. The van der Waals surface area contributed by atoms with Crippen LogP contribution in [0.15, 0.2) is 6.07 Å². The molecule has 86 valence electrons. The predicted molar refractivity (Wildman–Crippen MR) is 53.7 cm³/mol. The van der Waals surface area contributed by atoms with Gasteiger partial charge in [0.05, 0.1) is 9.13 Å². The Bertz CT molecular complexity index is 500. The van der Waals surface area contributed by atoms with Gasteiger partial charge in [-0.05, 0) is 6.07 Å². The van der Waals surface area contributed by atoms with E-state index in [1.165, 1.54) is 0 Å². The molecule has 1 aromatic rings. The lowest BCUT2D eigenvalue weighted by molar-refractivity contribution is 0.0689. The molecule has 0 aliphatic carbocycles. The molecular weight excluding hydrogens is 341 g/mol. The van der Waals surface area contributed by atoms with Crippen molar-refractivity contribution in [2.45, 2.75) is 0 Å². The number of hydrogen-bond donors (Lipinski definition) is 2. The van der Waals surface area contributed by atoms with Gasteiger partial charge in [-0.15, -0.1) is 0 Å². The van der Waals surface area contributed by atoms with Crippen LogP contribution in [0.2, 0.25) is 0 Å². The second kappa shape index (κ2) is 4.60. The lowest BCUT2D eigenvalue weighted by Gasteiger charge is -2.05. The molecule has 0 aliphatic rings. The number of hydrogen-bond acceptors (Lipinski definition) is 3. The summed E-state index contributed by atoms with van der Waals surface area (Å²) in [7, 11) is 0. The molecular formula is C8H3F2IO5. The van der Waals surface area contributed by atoms with Gasteiger partial charge in [0, 0.05) is 0 Å². The average molecular weight is 344 g/mol. The number of carboxylic acids is 2. The maximum atomic E-state index is 13.1. The number of aromatic carboxylic acids is 2. The van der Waals surface area contributed by atoms with E-state index in [0.29, 0.717) is 6.07 Å². The third-order valence-electron chi connectivity index (χ3n) is 1.68. The lowest BCUT2D eigenvalue weighted by atomic mass is 10.1. The van der Waals surface area contributed by atoms with Crippen LogP contribution < -0.4 is 0 Å². The molecule has 1 rings (SSSR count). The van der Waals surface area contributed by atoms with Gasteiger partial charge in [-0.25, -0.2) is 18.4 Å². The normalized spacial score (nSPS) is 10.1. The summed E-state index contributed by atoms with van der Waals surface area (Å²) < 4.78 is 36.0. The van der Waals surface area contributed by atoms with Crippen molar-refractivity contribution in [3.8, 4) is 0 Å². The highest BCUT2D eigenvalue weighted by Gasteiger charge is 2.26. The molecule has 0 spiro atoms. The Labute approximate surface area is 97.3 Å². The van der Waals surface area contributed by atoms with E-state index in [0.717, 1.165) is 0 Å². The molecule has 0 saturated heterocycles. The van der Waals surface area contributed by atoms with Gasteiger partial charge in [-0.3, -0.25) is 3.07 Å². The third-order valence-corrected chi connectivity index (χ3v) is 3.24. The molecule has 8 heteroatoms. The summed E-state index contributed by atoms with van der Waals surface area (Å²) in [6.07, 6.45) is 0. The molecule has 0 atom stereocenters. The first-order chi connectivity index (χ1) is 7.40. The van der Waals surface area contributed by atoms with Crippen LogP contribution in [0, 0.1) is 15.2 Å². The van der Waals surface area contributed by atoms with E-state index in [4.69, 9.17) is 10.2 Å². The van der Waals surface area contributed by atoms with Crippen molar-refractivity contribution in [1.29, 1.82) is 0 Å². The molecule has 0 fully saturated rings. The van der Waals surface area contributed by atoms with E-state index in [9.17, 15) is 21.4 Å².